The van der Waals surface area contributed by atoms with Crippen LogP contribution in [-0.2, 0) is 26.3 Å². The van der Waals surface area contributed by atoms with Gasteiger partial charge in [0.2, 0.25) is 0 Å². The second-order valence-corrected chi connectivity index (χ2v) is 7.26. The van der Waals surface area contributed by atoms with Gasteiger partial charge in [0.15, 0.2) is 0 Å². The molecule has 0 N–H and O–H groups in total. The number of hydrogen-bond acceptors (Lipinski definition) is 3. The van der Waals surface area contributed by atoms with Crippen molar-refractivity contribution in [2.75, 3.05) is 13.6 Å². The van der Waals surface area contributed by atoms with E-state index in [1.165, 1.54) is 28.8 Å². The van der Waals surface area contributed by atoms with E-state index >= 15 is 0 Å². The Bertz CT molecular complexity index is 635. The van der Waals surface area contributed by atoms with Gasteiger partial charge in [0, 0.05) is 31.7 Å². The molecule has 0 saturated carbocycles. The molecule has 0 saturated heterocycles. The number of hydrogen-bond donors (Lipinski definition) is 0. The summed E-state index contributed by atoms with van der Waals surface area (Å²) in [6, 6.07) is 2.12. The van der Waals surface area contributed by atoms with Gasteiger partial charge < -0.3 is 4.90 Å². The molecule has 0 unspecified atom stereocenters. The first-order valence-electron chi connectivity index (χ1n) is 7.98. The van der Waals surface area contributed by atoms with E-state index in [1.54, 1.807) is 11.3 Å². The first-order chi connectivity index (χ1) is 10.6. The van der Waals surface area contributed by atoms with Crippen LogP contribution in [0.2, 0.25) is 0 Å². The van der Waals surface area contributed by atoms with Crippen LogP contribution in [-0.4, -0.2) is 34.2 Å². The fraction of sp³-hybridized carbons (Fsp3) is 0.529. The van der Waals surface area contributed by atoms with Gasteiger partial charge in [0.05, 0.1) is 11.1 Å². The van der Waals surface area contributed by atoms with Crippen molar-refractivity contribution in [1.29, 1.82) is 0 Å². The lowest BCUT2D eigenvalue weighted by molar-refractivity contribution is 0.0798. The third-order valence-electron chi connectivity index (χ3n) is 4.27. The summed E-state index contributed by atoms with van der Waals surface area (Å²) in [4.78, 5) is 16.7. The third-order valence-corrected chi connectivity index (χ3v) is 5.50. The van der Waals surface area contributed by atoms with Gasteiger partial charge in [-0.1, -0.05) is 0 Å². The second kappa shape index (κ2) is 6.65. The van der Waals surface area contributed by atoms with Gasteiger partial charge in [-0.2, -0.15) is 5.10 Å². The molecule has 0 radical (unpaired) electrons. The van der Waals surface area contributed by atoms with Crippen molar-refractivity contribution in [2.45, 2.75) is 38.5 Å². The van der Waals surface area contributed by atoms with E-state index in [9.17, 15) is 4.79 Å². The number of aryl methyl sites for hydroxylation is 4. The summed E-state index contributed by atoms with van der Waals surface area (Å²) in [5.74, 6) is 0.172. The molecule has 0 bridgehead atoms. The highest BCUT2D eigenvalue weighted by Gasteiger charge is 2.19. The maximum atomic E-state index is 12.5. The van der Waals surface area contributed by atoms with Crippen LogP contribution in [0, 0.1) is 0 Å². The Kier molecular flexibility index (Phi) is 4.62. The van der Waals surface area contributed by atoms with E-state index in [0.717, 1.165) is 37.1 Å². The number of rotatable bonds is 5. The minimum atomic E-state index is 0.172. The van der Waals surface area contributed by atoms with Crippen LogP contribution in [0.3, 0.4) is 0 Å². The summed E-state index contributed by atoms with van der Waals surface area (Å²) in [5.41, 5.74) is 2.64. The van der Waals surface area contributed by atoms with E-state index < -0.39 is 0 Å². The molecule has 0 fully saturated rings. The van der Waals surface area contributed by atoms with Crippen molar-refractivity contribution < 1.29 is 4.79 Å². The number of fused-ring (bicyclic) bond motifs is 1. The number of carbonyl (C=O) groups is 1. The maximum absolute atomic E-state index is 12.5. The summed E-state index contributed by atoms with van der Waals surface area (Å²) < 4.78 is 1.82. The summed E-state index contributed by atoms with van der Waals surface area (Å²) in [7, 11) is 3.84. The molecule has 5 heteroatoms. The Hall–Kier alpha value is -1.62. The van der Waals surface area contributed by atoms with E-state index in [0.29, 0.717) is 0 Å². The van der Waals surface area contributed by atoms with Crippen molar-refractivity contribution in [3.05, 3.63) is 39.3 Å². The van der Waals surface area contributed by atoms with Gasteiger partial charge in [0.1, 0.15) is 0 Å². The van der Waals surface area contributed by atoms with Gasteiger partial charge in [-0.05, 0) is 55.7 Å². The van der Waals surface area contributed by atoms with Crippen LogP contribution in [0.1, 0.15) is 44.9 Å². The molecule has 1 aliphatic rings. The molecule has 1 aliphatic carbocycles. The van der Waals surface area contributed by atoms with E-state index in [2.05, 4.69) is 11.2 Å². The summed E-state index contributed by atoms with van der Waals surface area (Å²) in [5, 5.41) is 4.17. The lowest BCUT2D eigenvalue weighted by atomic mass is 9.99. The summed E-state index contributed by atoms with van der Waals surface area (Å²) >= 11 is 1.70. The first kappa shape index (κ1) is 15.3. The predicted octanol–water partition coefficient (Wildman–Crippen LogP) is 3.07. The lowest BCUT2D eigenvalue weighted by Gasteiger charge is -2.15. The zero-order valence-electron chi connectivity index (χ0n) is 13.3. The molecule has 118 valence electrons. The first-order valence-corrected chi connectivity index (χ1v) is 8.79. The average Bonchev–Trinajstić information content (AvgIpc) is 3.12. The van der Waals surface area contributed by atoms with Crippen LogP contribution >= 0.6 is 11.3 Å². The molecule has 0 atom stereocenters. The van der Waals surface area contributed by atoms with Crippen molar-refractivity contribution in [2.24, 2.45) is 7.05 Å². The quantitative estimate of drug-likeness (QED) is 0.850. The minimum absolute atomic E-state index is 0.172. The molecule has 0 aliphatic heterocycles. The number of carbonyl (C=O) groups excluding carboxylic acids is 1. The Balaban J connectivity index is 1.54. The van der Waals surface area contributed by atoms with Crippen LogP contribution in [0.4, 0.5) is 0 Å². The number of amides is 1. The highest BCUT2D eigenvalue weighted by Crippen LogP contribution is 2.30. The van der Waals surface area contributed by atoms with Gasteiger partial charge >= 0.3 is 0 Å². The van der Waals surface area contributed by atoms with Crippen LogP contribution < -0.4 is 0 Å². The Morgan fingerprint density at radius 3 is 2.95 bits per heavy atom. The third kappa shape index (κ3) is 3.40. The number of thiophene rings is 1. The molecule has 0 aromatic carbocycles. The molecule has 0 spiro atoms. The monoisotopic (exact) mass is 317 g/mol. The summed E-state index contributed by atoms with van der Waals surface area (Å²) in [6.07, 6.45) is 10.7. The molecule has 2 aromatic rings. The Morgan fingerprint density at radius 1 is 1.41 bits per heavy atom. The van der Waals surface area contributed by atoms with Gasteiger partial charge in [-0.15, -0.1) is 11.3 Å². The minimum Gasteiger partial charge on any atom is -0.341 e. The molecule has 4 nitrogen and oxygen atoms in total. The zero-order chi connectivity index (χ0) is 15.5. The van der Waals surface area contributed by atoms with Gasteiger partial charge in [-0.3, -0.25) is 9.48 Å². The highest BCUT2D eigenvalue weighted by molar-refractivity contribution is 7.14. The fourth-order valence-corrected chi connectivity index (χ4v) is 4.26. The van der Waals surface area contributed by atoms with E-state index in [1.807, 2.05) is 36.1 Å². The van der Waals surface area contributed by atoms with E-state index in [-0.39, 0.29) is 5.91 Å². The highest BCUT2D eigenvalue weighted by atomic mass is 32.1. The molecular formula is C17H23N3OS. The van der Waals surface area contributed by atoms with Crippen LogP contribution in [0.15, 0.2) is 18.5 Å². The van der Waals surface area contributed by atoms with Crippen molar-refractivity contribution in [3.8, 4) is 0 Å². The molecular weight excluding hydrogens is 294 g/mol. The fourth-order valence-electron chi connectivity index (χ4n) is 3.01. The van der Waals surface area contributed by atoms with Crippen molar-refractivity contribution in [1.82, 2.24) is 14.7 Å². The van der Waals surface area contributed by atoms with Gasteiger partial charge in [0.25, 0.3) is 5.91 Å². The second-order valence-electron chi connectivity index (χ2n) is 6.12. The largest absolute Gasteiger partial charge is 0.341 e. The smallest absolute Gasteiger partial charge is 0.263 e. The molecule has 3 rings (SSSR count). The zero-order valence-corrected chi connectivity index (χ0v) is 14.2. The molecule has 22 heavy (non-hydrogen) atoms. The molecule has 1 amide bonds. The van der Waals surface area contributed by atoms with Crippen molar-refractivity contribution in [3.63, 3.8) is 0 Å². The topological polar surface area (TPSA) is 38.1 Å². The molecule has 2 heterocycles. The number of aromatic nitrogens is 2. The molecule has 2 aromatic heterocycles. The van der Waals surface area contributed by atoms with Crippen LogP contribution in [0.5, 0.6) is 0 Å². The van der Waals surface area contributed by atoms with E-state index in [4.69, 9.17) is 0 Å². The SMILES string of the molecule is CN(CCCc1cnn(C)c1)C(=O)c1cc2c(s1)CCCC2. The Labute approximate surface area is 135 Å². The van der Waals surface area contributed by atoms with Gasteiger partial charge in [-0.25, -0.2) is 0 Å². The lowest BCUT2D eigenvalue weighted by Crippen LogP contribution is -2.27. The van der Waals surface area contributed by atoms with Crippen LogP contribution in [0.25, 0.3) is 0 Å². The maximum Gasteiger partial charge on any atom is 0.263 e. The number of nitrogens with zero attached hydrogens (tertiary/aromatic N) is 3. The standard InChI is InChI=1S/C17H23N3OS/c1-19(9-5-6-13-11-18-20(2)12-13)17(21)16-10-14-7-3-4-8-15(14)22-16/h10-12H,3-9H2,1-2H3. The normalized spacial score (nSPS) is 13.9. The predicted molar refractivity (Wildman–Crippen MR) is 89.5 cm³/mol. The average molecular weight is 317 g/mol. The van der Waals surface area contributed by atoms with Crippen molar-refractivity contribution >= 4 is 17.2 Å². The Morgan fingerprint density at radius 2 is 2.23 bits per heavy atom. The summed E-state index contributed by atoms with van der Waals surface area (Å²) in [6.45, 7) is 0.788.